The van der Waals surface area contributed by atoms with Gasteiger partial charge in [0.15, 0.2) is 0 Å². The van der Waals surface area contributed by atoms with Crippen LogP contribution in [0.1, 0.15) is 18.4 Å². The molecule has 0 saturated carbocycles. The highest BCUT2D eigenvalue weighted by Gasteiger charge is 2.20. The van der Waals surface area contributed by atoms with Crippen molar-refractivity contribution in [1.82, 2.24) is 20.4 Å². The monoisotopic (exact) mass is 332 g/mol. The molecule has 0 spiro atoms. The first-order chi connectivity index (χ1) is 11.5. The van der Waals surface area contributed by atoms with Crippen molar-refractivity contribution in [3.8, 4) is 0 Å². The molecule has 7 heteroatoms. The molecule has 0 aliphatic carbocycles. The minimum absolute atomic E-state index is 0.00165. The van der Waals surface area contributed by atoms with Crippen LogP contribution in [0, 0.1) is 0 Å². The van der Waals surface area contributed by atoms with Gasteiger partial charge in [0.25, 0.3) is 0 Å². The van der Waals surface area contributed by atoms with Crippen LogP contribution in [0.4, 0.5) is 4.79 Å². The van der Waals surface area contributed by atoms with Gasteiger partial charge in [0.05, 0.1) is 13.1 Å². The van der Waals surface area contributed by atoms with E-state index in [0.717, 1.165) is 31.5 Å². The van der Waals surface area contributed by atoms with E-state index >= 15 is 0 Å². The topological polar surface area (TPSA) is 81.8 Å². The molecule has 0 radical (unpaired) electrons. The summed E-state index contributed by atoms with van der Waals surface area (Å²) in [5.74, 6) is -0.409. The van der Waals surface area contributed by atoms with E-state index in [4.69, 9.17) is 0 Å². The van der Waals surface area contributed by atoms with Gasteiger partial charge in [-0.3, -0.25) is 19.8 Å². The number of hydrogen-bond acceptors (Lipinski definition) is 4. The molecule has 4 amide bonds. The second kappa shape index (κ2) is 9.02. The van der Waals surface area contributed by atoms with E-state index in [1.54, 1.807) is 16.8 Å². The number of amides is 4. The zero-order valence-electron chi connectivity index (χ0n) is 14.0. The molecular formula is C17H24N4O3. The average molecular weight is 332 g/mol. The Morgan fingerprint density at radius 1 is 1.08 bits per heavy atom. The Morgan fingerprint density at radius 3 is 2.42 bits per heavy atom. The maximum Gasteiger partial charge on any atom is 0.321 e. The minimum atomic E-state index is -0.539. The SMILES string of the molecule is CN(CC(=O)NC(=O)NCc1ccccc1)CC(=O)N1CCCC1. The largest absolute Gasteiger partial charge is 0.342 e. The Hall–Kier alpha value is -2.41. The molecule has 130 valence electrons. The number of likely N-dealkylation sites (tertiary alicyclic amines) is 1. The average Bonchev–Trinajstić information content (AvgIpc) is 3.08. The van der Waals surface area contributed by atoms with Gasteiger partial charge in [-0.2, -0.15) is 0 Å². The predicted octanol–water partition coefficient (Wildman–Crippen LogP) is 0.567. The highest BCUT2D eigenvalue weighted by Crippen LogP contribution is 2.07. The van der Waals surface area contributed by atoms with Crippen molar-refractivity contribution in [2.24, 2.45) is 0 Å². The van der Waals surface area contributed by atoms with E-state index in [2.05, 4.69) is 10.6 Å². The molecule has 0 aromatic heterocycles. The van der Waals surface area contributed by atoms with Crippen LogP contribution in [-0.2, 0) is 16.1 Å². The normalized spacial score (nSPS) is 13.8. The molecule has 7 nitrogen and oxygen atoms in total. The van der Waals surface area contributed by atoms with Gasteiger partial charge < -0.3 is 10.2 Å². The van der Waals surface area contributed by atoms with E-state index in [0.29, 0.717) is 6.54 Å². The second-order valence-electron chi connectivity index (χ2n) is 5.98. The number of urea groups is 1. The summed E-state index contributed by atoms with van der Waals surface area (Å²) in [6.45, 7) is 2.11. The zero-order chi connectivity index (χ0) is 17.4. The molecule has 1 aromatic carbocycles. The lowest BCUT2D eigenvalue weighted by molar-refractivity contribution is -0.131. The van der Waals surface area contributed by atoms with Crippen LogP contribution in [-0.4, -0.2) is 60.9 Å². The van der Waals surface area contributed by atoms with E-state index in [1.807, 2.05) is 30.3 Å². The maximum absolute atomic E-state index is 12.0. The summed E-state index contributed by atoms with van der Waals surface area (Å²) in [5.41, 5.74) is 0.952. The van der Waals surface area contributed by atoms with Crippen LogP contribution in [0.25, 0.3) is 0 Å². The number of nitrogens with zero attached hydrogens (tertiary/aromatic N) is 2. The molecule has 0 atom stereocenters. The van der Waals surface area contributed by atoms with Crippen molar-refractivity contribution < 1.29 is 14.4 Å². The molecule has 1 heterocycles. The van der Waals surface area contributed by atoms with E-state index in [-0.39, 0.29) is 19.0 Å². The Balaban J connectivity index is 1.66. The van der Waals surface area contributed by atoms with Crippen LogP contribution >= 0.6 is 0 Å². The first-order valence-corrected chi connectivity index (χ1v) is 8.12. The number of likely N-dealkylation sites (N-methyl/N-ethyl adjacent to an activating group) is 1. The van der Waals surface area contributed by atoms with Crippen LogP contribution in [0.5, 0.6) is 0 Å². The van der Waals surface area contributed by atoms with Crippen molar-refractivity contribution in [3.63, 3.8) is 0 Å². The lowest BCUT2D eigenvalue weighted by atomic mass is 10.2. The quantitative estimate of drug-likeness (QED) is 0.798. The van der Waals surface area contributed by atoms with Crippen molar-refractivity contribution in [2.45, 2.75) is 19.4 Å². The zero-order valence-corrected chi connectivity index (χ0v) is 14.0. The van der Waals surface area contributed by atoms with Crippen LogP contribution < -0.4 is 10.6 Å². The van der Waals surface area contributed by atoms with Gasteiger partial charge in [-0.1, -0.05) is 30.3 Å². The fourth-order valence-electron chi connectivity index (χ4n) is 2.59. The van der Waals surface area contributed by atoms with E-state index in [1.165, 1.54) is 0 Å². The number of carbonyl (C=O) groups excluding carboxylic acids is 3. The third kappa shape index (κ3) is 6.00. The van der Waals surface area contributed by atoms with Gasteiger partial charge in [-0.05, 0) is 25.5 Å². The number of rotatable bonds is 6. The van der Waals surface area contributed by atoms with Crippen molar-refractivity contribution in [2.75, 3.05) is 33.2 Å². The van der Waals surface area contributed by atoms with Gasteiger partial charge in [0, 0.05) is 19.6 Å². The Labute approximate surface area is 142 Å². The molecule has 2 N–H and O–H groups in total. The fourth-order valence-corrected chi connectivity index (χ4v) is 2.59. The number of hydrogen-bond donors (Lipinski definition) is 2. The van der Waals surface area contributed by atoms with Crippen LogP contribution in [0.3, 0.4) is 0 Å². The fraction of sp³-hybridized carbons (Fsp3) is 0.471. The van der Waals surface area contributed by atoms with Crippen molar-refractivity contribution >= 4 is 17.8 Å². The summed E-state index contributed by atoms with van der Waals surface area (Å²) in [5, 5.41) is 4.89. The lowest BCUT2D eigenvalue weighted by Gasteiger charge is -2.20. The smallest absolute Gasteiger partial charge is 0.321 e. The molecule has 1 aliphatic heterocycles. The molecule has 1 aliphatic rings. The summed E-state index contributed by atoms with van der Waals surface area (Å²) >= 11 is 0. The summed E-state index contributed by atoms with van der Waals surface area (Å²) in [6.07, 6.45) is 2.08. The summed E-state index contributed by atoms with van der Waals surface area (Å²) < 4.78 is 0. The van der Waals surface area contributed by atoms with E-state index < -0.39 is 11.9 Å². The molecule has 24 heavy (non-hydrogen) atoms. The first kappa shape index (κ1) is 17.9. The van der Waals surface area contributed by atoms with E-state index in [9.17, 15) is 14.4 Å². The van der Waals surface area contributed by atoms with Gasteiger partial charge in [-0.15, -0.1) is 0 Å². The molecule has 1 saturated heterocycles. The summed E-state index contributed by atoms with van der Waals surface area (Å²) in [6, 6.07) is 8.90. The third-order valence-corrected chi connectivity index (χ3v) is 3.83. The summed E-state index contributed by atoms with van der Waals surface area (Å²) in [4.78, 5) is 39.0. The lowest BCUT2D eigenvalue weighted by Crippen LogP contribution is -2.45. The van der Waals surface area contributed by atoms with Gasteiger partial charge in [-0.25, -0.2) is 4.79 Å². The van der Waals surface area contributed by atoms with Gasteiger partial charge in [0.2, 0.25) is 11.8 Å². The van der Waals surface area contributed by atoms with Crippen LogP contribution in [0.2, 0.25) is 0 Å². The number of nitrogens with one attached hydrogen (secondary N) is 2. The molecule has 0 bridgehead atoms. The number of benzene rings is 1. The van der Waals surface area contributed by atoms with Crippen LogP contribution in [0.15, 0.2) is 30.3 Å². The minimum Gasteiger partial charge on any atom is -0.342 e. The Bertz CT molecular complexity index is 570. The van der Waals surface area contributed by atoms with Crippen molar-refractivity contribution in [1.29, 1.82) is 0 Å². The van der Waals surface area contributed by atoms with Gasteiger partial charge in [0.1, 0.15) is 0 Å². The molecule has 0 unspecified atom stereocenters. The maximum atomic E-state index is 12.0. The second-order valence-corrected chi connectivity index (χ2v) is 5.98. The standard InChI is InChI=1S/C17H24N4O3/c1-20(13-16(23)21-9-5-6-10-21)12-15(22)19-17(24)18-11-14-7-3-2-4-8-14/h2-4,7-8H,5-6,9-13H2,1H3,(H2,18,19,22,24). The number of imide groups is 1. The Kier molecular flexibility index (Phi) is 6.74. The third-order valence-electron chi connectivity index (χ3n) is 3.83. The molecule has 1 aromatic rings. The Morgan fingerprint density at radius 2 is 1.75 bits per heavy atom. The summed E-state index contributed by atoms with van der Waals surface area (Å²) in [7, 11) is 1.69. The molecule has 2 rings (SSSR count). The highest BCUT2D eigenvalue weighted by atomic mass is 16.2. The first-order valence-electron chi connectivity index (χ1n) is 8.12. The molecular weight excluding hydrogens is 308 g/mol. The molecule has 1 fully saturated rings. The highest BCUT2D eigenvalue weighted by molar-refractivity contribution is 5.95. The van der Waals surface area contributed by atoms with Gasteiger partial charge >= 0.3 is 6.03 Å². The van der Waals surface area contributed by atoms with Crippen molar-refractivity contribution in [3.05, 3.63) is 35.9 Å². The number of carbonyl (C=O) groups is 3. The predicted molar refractivity (Wildman–Crippen MR) is 90.1 cm³/mol.